The summed E-state index contributed by atoms with van der Waals surface area (Å²) in [5.41, 5.74) is 3.74. The number of phenols is 1. The van der Waals surface area contributed by atoms with Crippen LogP contribution in [0.2, 0.25) is 0 Å². The van der Waals surface area contributed by atoms with Crippen LogP contribution in [0.4, 0.5) is 0 Å². The maximum atomic E-state index is 8.94. The molecule has 0 saturated heterocycles. The monoisotopic (exact) mass is 152 g/mol. The second-order valence-electron chi connectivity index (χ2n) is 2.37. The van der Waals surface area contributed by atoms with Crippen molar-refractivity contribution in [3.8, 4) is 5.75 Å². The van der Waals surface area contributed by atoms with Gasteiger partial charge in [-0.3, -0.25) is 11.3 Å². The molecule has 3 nitrogen and oxygen atoms in total. The van der Waals surface area contributed by atoms with Crippen molar-refractivity contribution in [3.05, 3.63) is 29.8 Å². The van der Waals surface area contributed by atoms with Crippen LogP contribution in [0.1, 0.15) is 5.56 Å². The van der Waals surface area contributed by atoms with E-state index in [1.54, 1.807) is 12.1 Å². The van der Waals surface area contributed by atoms with Crippen molar-refractivity contribution in [3.63, 3.8) is 0 Å². The Kier molecular flexibility index (Phi) is 2.89. The van der Waals surface area contributed by atoms with Crippen LogP contribution >= 0.6 is 0 Å². The van der Waals surface area contributed by atoms with Gasteiger partial charge in [-0.1, -0.05) is 12.1 Å². The highest BCUT2D eigenvalue weighted by Crippen LogP contribution is 2.09. The lowest BCUT2D eigenvalue weighted by molar-refractivity contribution is 0.475. The molecule has 0 amide bonds. The largest absolute Gasteiger partial charge is 0.508 e. The van der Waals surface area contributed by atoms with Gasteiger partial charge in [0, 0.05) is 6.54 Å². The molecule has 1 aromatic carbocycles. The van der Waals surface area contributed by atoms with Crippen LogP contribution in [0.25, 0.3) is 0 Å². The fourth-order valence-electron chi connectivity index (χ4n) is 0.879. The molecule has 0 radical (unpaired) electrons. The first kappa shape index (κ1) is 8.04. The van der Waals surface area contributed by atoms with Gasteiger partial charge in [0.15, 0.2) is 0 Å². The minimum atomic E-state index is 0.300. The Balaban J connectivity index is 2.52. The molecule has 0 aliphatic carbocycles. The number of hydrogen-bond donors (Lipinski definition) is 3. The molecule has 0 aromatic heterocycles. The highest BCUT2D eigenvalue weighted by molar-refractivity contribution is 5.25. The minimum Gasteiger partial charge on any atom is -0.508 e. The third kappa shape index (κ3) is 2.57. The zero-order valence-electron chi connectivity index (χ0n) is 6.25. The zero-order valence-corrected chi connectivity index (χ0v) is 6.25. The van der Waals surface area contributed by atoms with E-state index in [2.05, 4.69) is 5.43 Å². The highest BCUT2D eigenvalue weighted by atomic mass is 16.3. The fourth-order valence-corrected chi connectivity index (χ4v) is 0.879. The maximum Gasteiger partial charge on any atom is 0.115 e. The number of nitrogens with two attached hydrogens (primary N) is 1. The van der Waals surface area contributed by atoms with Gasteiger partial charge in [0.1, 0.15) is 5.75 Å². The number of benzene rings is 1. The molecule has 60 valence electrons. The van der Waals surface area contributed by atoms with E-state index in [1.165, 1.54) is 5.56 Å². The average molecular weight is 152 g/mol. The summed E-state index contributed by atoms with van der Waals surface area (Å²) in [5, 5.41) is 8.94. The number of aromatic hydroxyl groups is 1. The van der Waals surface area contributed by atoms with Crippen molar-refractivity contribution in [1.29, 1.82) is 0 Å². The molecule has 0 atom stereocenters. The van der Waals surface area contributed by atoms with Crippen LogP contribution in [-0.4, -0.2) is 11.7 Å². The lowest BCUT2D eigenvalue weighted by atomic mass is 10.1. The molecule has 0 fully saturated rings. The van der Waals surface area contributed by atoms with Gasteiger partial charge in [-0.2, -0.15) is 0 Å². The predicted molar refractivity (Wildman–Crippen MR) is 44.0 cm³/mol. The van der Waals surface area contributed by atoms with Crippen LogP contribution in [0, 0.1) is 0 Å². The Bertz CT molecular complexity index is 208. The molecule has 0 aliphatic heterocycles. The number of phenolic OH excluding ortho intramolecular Hbond substituents is 1. The van der Waals surface area contributed by atoms with Crippen LogP contribution in [0.5, 0.6) is 5.75 Å². The maximum absolute atomic E-state index is 8.94. The summed E-state index contributed by atoms with van der Waals surface area (Å²) in [6.45, 7) is 0.755. The summed E-state index contributed by atoms with van der Waals surface area (Å²) in [6, 6.07) is 7.11. The van der Waals surface area contributed by atoms with Gasteiger partial charge in [-0.05, 0) is 24.1 Å². The molecule has 11 heavy (non-hydrogen) atoms. The molecule has 0 bridgehead atoms. The Labute approximate surface area is 65.8 Å². The van der Waals surface area contributed by atoms with Crippen LogP contribution < -0.4 is 11.3 Å². The smallest absolute Gasteiger partial charge is 0.115 e. The molecule has 1 rings (SSSR count). The molecule has 4 N–H and O–H groups in total. The number of hydrazine groups is 1. The van der Waals surface area contributed by atoms with Gasteiger partial charge in [0.25, 0.3) is 0 Å². The summed E-state index contributed by atoms with van der Waals surface area (Å²) in [6.07, 6.45) is 0.886. The minimum absolute atomic E-state index is 0.300. The van der Waals surface area contributed by atoms with E-state index >= 15 is 0 Å². The van der Waals surface area contributed by atoms with Crippen LogP contribution in [0.15, 0.2) is 24.3 Å². The van der Waals surface area contributed by atoms with Gasteiger partial charge in [-0.25, -0.2) is 0 Å². The van der Waals surface area contributed by atoms with Gasteiger partial charge < -0.3 is 5.11 Å². The third-order valence-electron chi connectivity index (χ3n) is 1.49. The predicted octanol–water partition coefficient (Wildman–Crippen LogP) is 0.398. The van der Waals surface area contributed by atoms with E-state index in [0.29, 0.717) is 5.75 Å². The van der Waals surface area contributed by atoms with Crippen molar-refractivity contribution in [1.82, 2.24) is 5.43 Å². The summed E-state index contributed by atoms with van der Waals surface area (Å²) in [4.78, 5) is 0. The highest BCUT2D eigenvalue weighted by Gasteiger charge is 1.91. The van der Waals surface area contributed by atoms with E-state index in [-0.39, 0.29) is 0 Å². The number of nitrogens with one attached hydrogen (secondary N) is 1. The van der Waals surface area contributed by atoms with Crippen molar-refractivity contribution in [2.24, 2.45) is 5.84 Å². The number of rotatable bonds is 3. The van der Waals surface area contributed by atoms with Crippen molar-refractivity contribution < 1.29 is 5.11 Å². The number of hydrogen-bond acceptors (Lipinski definition) is 3. The topological polar surface area (TPSA) is 58.3 Å². The van der Waals surface area contributed by atoms with Gasteiger partial charge in [-0.15, -0.1) is 0 Å². The molecule has 0 aliphatic rings. The Morgan fingerprint density at radius 1 is 1.27 bits per heavy atom. The van der Waals surface area contributed by atoms with Crippen LogP contribution in [-0.2, 0) is 6.42 Å². The first-order valence-corrected chi connectivity index (χ1v) is 3.54. The second-order valence-corrected chi connectivity index (χ2v) is 2.37. The first-order chi connectivity index (χ1) is 5.33. The molecule has 0 heterocycles. The van der Waals surface area contributed by atoms with Crippen molar-refractivity contribution in [2.75, 3.05) is 6.54 Å². The summed E-state index contributed by atoms with van der Waals surface area (Å²) >= 11 is 0. The molecular weight excluding hydrogens is 140 g/mol. The molecular formula is C8H12N2O. The normalized spacial score (nSPS) is 9.91. The summed E-state index contributed by atoms with van der Waals surface area (Å²) < 4.78 is 0. The van der Waals surface area contributed by atoms with Crippen molar-refractivity contribution >= 4 is 0 Å². The Morgan fingerprint density at radius 2 is 1.91 bits per heavy atom. The summed E-state index contributed by atoms with van der Waals surface area (Å²) in [5.74, 6) is 5.41. The fraction of sp³-hybridized carbons (Fsp3) is 0.250. The average Bonchev–Trinajstić information content (AvgIpc) is 2.04. The molecule has 0 unspecified atom stereocenters. The van der Waals surface area contributed by atoms with E-state index in [0.717, 1.165) is 13.0 Å². The van der Waals surface area contributed by atoms with E-state index in [9.17, 15) is 0 Å². The quantitative estimate of drug-likeness (QED) is 0.434. The van der Waals surface area contributed by atoms with E-state index < -0.39 is 0 Å². The van der Waals surface area contributed by atoms with Gasteiger partial charge in [0.05, 0.1) is 0 Å². The zero-order chi connectivity index (χ0) is 8.10. The second kappa shape index (κ2) is 3.95. The standard InChI is InChI=1S/C8H12N2O/c9-10-6-5-7-1-3-8(11)4-2-7/h1-4,10-11H,5-6,9H2. The lowest BCUT2D eigenvalue weighted by Gasteiger charge is -1.99. The van der Waals surface area contributed by atoms with Crippen molar-refractivity contribution in [2.45, 2.75) is 6.42 Å². The molecule has 3 heteroatoms. The molecule has 0 spiro atoms. The van der Waals surface area contributed by atoms with Crippen LogP contribution in [0.3, 0.4) is 0 Å². The lowest BCUT2D eigenvalue weighted by Crippen LogP contribution is -2.24. The van der Waals surface area contributed by atoms with Gasteiger partial charge in [0.2, 0.25) is 0 Å². The Morgan fingerprint density at radius 3 is 2.45 bits per heavy atom. The third-order valence-corrected chi connectivity index (χ3v) is 1.49. The molecule has 1 aromatic rings. The van der Waals surface area contributed by atoms with E-state index in [1.807, 2.05) is 12.1 Å². The van der Waals surface area contributed by atoms with Gasteiger partial charge >= 0.3 is 0 Å². The van der Waals surface area contributed by atoms with E-state index in [4.69, 9.17) is 10.9 Å². The molecule has 0 saturated carbocycles. The SMILES string of the molecule is NNCCc1ccc(O)cc1. The summed E-state index contributed by atoms with van der Waals surface area (Å²) in [7, 11) is 0. The Hall–Kier alpha value is -1.06. The first-order valence-electron chi connectivity index (χ1n) is 3.54.